The number of hydrogen-bond acceptors (Lipinski definition) is 3. The van der Waals surface area contributed by atoms with Crippen LogP contribution in [-0.2, 0) is 0 Å². The molecular weight excluding hydrogens is 813 g/mol. The van der Waals surface area contributed by atoms with Gasteiger partial charge in [-0.15, -0.1) is 0 Å². The van der Waals surface area contributed by atoms with E-state index in [0.717, 1.165) is 55.8 Å². The van der Waals surface area contributed by atoms with Gasteiger partial charge in [-0.25, -0.2) is 15.0 Å². The van der Waals surface area contributed by atoms with Crippen LogP contribution in [0.25, 0.3) is 117 Å². The second-order valence-electron chi connectivity index (χ2n) is 16.9. The Kier molecular flexibility index (Phi) is 10.2. The Hall–Kier alpha value is -8.99. The highest BCUT2D eigenvalue weighted by Gasteiger charge is 2.18. The van der Waals surface area contributed by atoms with Gasteiger partial charge in [0.1, 0.15) is 0 Å². The van der Waals surface area contributed by atoms with Gasteiger partial charge in [-0.05, 0) is 108 Å². The van der Waals surface area contributed by atoms with Gasteiger partial charge in [0.2, 0.25) is 0 Å². The average molecular weight is 855 g/mol. The molecule has 12 aromatic rings. The Morgan fingerprint density at radius 3 is 1.45 bits per heavy atom. The van der Waals surface area contributed by atoms with Crippen molar-refractivity contribution < 1.29 is 0 Å². The second-order valence-corrected chi connectivity index (χ2v) is 16.9. The molecule has 0 fully saturated rings. The molecule has 0 bridgehead atoms. The Morgan fingerprint density at radius 2 is 0.716 bits per heavy atom. The highest BCUT2D eigenvalue weighted by molar-refractivity contribution is 5.97. The van der Waals surface area contributed by atoms with Gasteiger partial charge >= 0.3 is 0 Å². The Labute approximate surface area is 389 Å². The number of aromatic nitrogens is 4. The summed E-state index contributed by atoms with van der Waals surface area (Å²) in [6.07, 6.45) is 4.19. The number of benzene rings is 10. The van der Waals surface area contributed by atoms with Gasteiger partial charge in [-0.1, -0.05) is 206 Å². The zero-order valence-corrected chi connectivity index (χ0v) is 36.5. The zero-order chi connectivity index (χ0) is 44.5. The van der Waals surface area contributed by atoms with Crippen molar-refractivity contribution >= 4 is 21.5 Å². The first kappa shape index (κ1) is 39.6. The van der Waals surface area contributed by atoms with E-state index < -0.39 is 0 Å². The van der Waals surface area contributed by atoms with Crippen LogP contribution in [-0.4, -0.2) is 19.5 Å². The number of hydrogen-bond donors (Lipinski definition) is 0. The number of nitrogens with zero attached hydrogens (tertiary/aromatic N) is 4. The van der Waals surface area contributed by atoms with Gasteiger partial charge < -0.3 is 4.57 Å². The molecule has 10 aromatic carbocycles. The summed E-state index contributed by atoms with van der Waals surface area (Å²) >= 11 is 0. The van der Waals surface area contributed by atoms with E-state index in [-0.39, 0.29) is 0 Å². The van der Waals surface area contributed by atoms with Crippen molar-refractivity contribution in [1.29, 1.82) is 0 Å². The predicted octanol–water partition coefficient (Wildman–Crippen LogP) is 16.3. The van der Waals surface area contributed by atoms with Crippen molar-refractivity contribution in [3.63, 3.8) is 0 Å². The first-order valence-electron chi connectivity index (χ1n) is 22.7. The summed E-state index contributed by atoms with van der Waals surface area (Å²) in [4.78, 5) is 15.9. The Balaban J connectivity index is 0.985. The minimum Gasteiger partial charge on any atom is -0.323 e. The molecule has 2 heterocycles. The summed E-state index contributed by atoms with van der Waals surface area (Å²) in [6.45, 7) is 0. The molecule has 0 spiro atoms. The van der Waals surface area contributed by atoms with E-state index in [9.17, 15) is 0 Å². The lowest BCUT2D eigenvalue weighted by Crippen LogP contribution is -2.02. The largest absolute Gasteiger partial charge is 0.323 e. The summed E-state index contributed by atoms with van der Waals surface area (Å²) in [5.41, 5.74) is 15.2. The standard InChI is InChI=1S/C63H42N4/c1-2-16-46(17-3-1)56-26-8-9-27-58(56)59-36-35-54(42-60(59)67-37-10-11-38-67)63-65-61(64-62(66-63)53-24-13-22-51(41-53)57-28-14-20-47-18-6-7-25-55(47)57)52-23-12-21-49(40-52)44-29-31-45(32-30-44)50-34-33-43-15-4-5-19-48(43)39-50/h1-42H. The van der Waals surface area contributed by atoms with Crippen LogP contribution in [0.1, 0.15) is 0 Å². The van der Waals surface area contributed by atoms with E-state index in [1.807, 2.05) is 0 Å². The summed E-state index contributed by atoms with van der Waals surface area (Å²) < 4.78 is 2.17. The fourth-order valence-corrected chi connectivity index (χ4v) is 9.32. The average Bonchev–Trinajstić information content (AvgIpc) is 3.96. The van der Waals surface area contributed by atoms with Crippen LogP contribution in [0.15, 0.2) is 255 Å². The van der Waals surface area contributed by atoms with Gasteiger partial charge in [0.15, 0.2) is 17.5 Å². The first-order valence-corrected chi connectivity index (χ1v) is 22.7. The third kappa shape index (κ3) is 7.77. The summed E-state index contributed by atoms with van der Waals surface area (Å²) in [5, 5.41) is 4.88. The molecule has 0 aliphatic carbocycles. The molecule has 0 saturated carbocycles. The molecule has 0 aliphatic rings. The maximum absolute atomic E-state index is 5.29. The van der Waals surface area contributed by atoms with Gasteiger partial charge in [-0.3, -0.25) is 0 Å². The highest BCUT2D eigenvalue weighted by atomic mass is 15.0. The fourth-order valence-electron chi connectivity index (χ4n) is 9.32. The normalized spacial score (nSPS) is 11.3. The molecule has 0 amide bonds. The van der Waals surface area contributed by atoms with Gasteiger partial charge in [0.25, 0.3) is 0 Å². The molecule has 67 heavy (non-hydrogen) atoms. The molecule has 12 rings (SSSR count). The highest BCUT2D eigenvalue weighted by Crippen LogP contribution is 2.39. The molecular formula is C63H42N4. The van der Waals surface area contributed by atoms with Gasteiger partial charge in [0, 0.05) is 34.6 Å². The molecule has 0 unspecified atom stereocenters. The molecule has 314 valence electrons. The molecule has 0 aliphatic heterocycles. The molecule has 2 aromatic heterocycles. The van der Waals surface area contributed by atoms with Crippen LogP contribution in [0, 0.1) is 0 Å². The van der Waals surface area contributed by atoms with Crippen LogP contribution in [0.2, 0.25) is 0 Å². The minimum absolute atomic E-state index is 0.594. The van der Waals surface area contributed by atoms with Crippen molar-refractivity contribution in [2.45, 2.75) is 0 Å². The van der Waals surface area contributed by atoms with Crippen LogP contribution >= 0.6 is 0 Å². The van der Waals surface area contributed by atoms with Crippen LogP contribution < -0.4 is 0 Å². The van der Waals surface area contributed by atoms with E-state index in [0.29, 0.717) is 17.5 Å². The van der Waals surface area contributed by atoms with E-state index in [2.05, 4.69) is 260 Å². The van der Waals surface area contributed by atoms with Crippen molar-refractivity contribution in [3.8, 4) is 95.5 Å². The Bertz CT molecular complexity index is 3740. The first-order chi connectivity index (χ1) is 33.2. The third-order valence-corrected chi connectivity index (χ3v) is 12.7. The fraction of sp³-hybridized carbons (Fsp3) is 0. The maximum Gasteiger partial charge on any atom is 0.164 e. The van der Waals surface area contributed by atoms with Crippen molar-refractivity contribution in [3.05, 3.63) is 255 Å². The van der Waals surface area contributed by atoms with E-state index >= 15 is 0 Å². The van der Waals surface area contributed by atoms with E-state index in [1.165, 1.54) is 43.8 Å². The molecule has 0 radical (unpaired) electrons. The molecule has 0 N–H and O–H groups in total. The van der Waals surface area contributed by atoms with Crippen LogP contribution in [0.4, 0.5) is 0 Å². The lowest BCUT2D eigenvalue weighted by atomic mass is 9.92. The third-order valence-electron chi connectivity index (χ3n) is 12.7. The maximum atomic E-state index is 5.29. The summed E-state index contributed by atoms with van der Waals surface area (Å²) in [6, 6.07) is 85.9. The molecule has 4 heteroatoms. The second kappa shape index (κ2) is 17.2. The van der Waals surface area contributed by atoms with Gasteiger partial charge in [-0.2, -0.15) is 0 Å². The minimum atomic E-state index is 0.594. The zero-order valence-electron chi connectivity index (χ0n) is 36.5. The molecule has 0 atom stereocenters. The lowest BCUT2D eigenvalue weighted by Gasteiger charge is -2.17. The lowest BCUT2D eigenvalue weighted by molar-refractivity contribution is 1.06. The molecule has 0 saturated heterocycles. The number of rotatable bonds is 9. The summed E-state index contributed by atoms with van der Waals surface area (Å²) in [7, 11) is 0. The van der Waals surface area contributed by atoms with Crippen LogP contribution in [0.5, 0.6) is 0 Å². The quantitative estimate of drug-likeness (QED) is 0.145. The van der Waals surface area contributed by atoms with Crippen molar-refractivity contribution in [2.24, 2.45) is 0 Å². The SMILES string of the molecule is c1ccc(-c2ccccc2-c2ccc(-c3nc(-c4cccc(-c5ccc(-c6ccc7ccccc7c6)cc5)c4)nc(-c4cccc(-c5cccc6ccccc56)c4)n3)cc2-n2cccc2)cc1. The van der Waals surface area contributed by atoms with Crippen molar-refractivity contribution in [1.82, 2.24) is 19.5 Å². The topological polar surface area (TPSA) is 43.6 Å². The Morgan fingerprint density at radius 1 is 0.239 bits per heavy atom. The molecule has 4 nitrogen and oxygen atoms in total. The predicted molar refractivity (Wildman–Crippen MR) is 278 cm³/mol. The number of fused-ring (bicyclic) bond motifs is 2. The van der Waals surface area contributed by atoms with E-state index in [1.54, 1.807) is 0 Å². The monoisotopic (exact) mass is 854 g/mol. The van der Waals surface area contributed by atoms with E-state index in [4.69, 9.17) is 15.0 Å². The van der Waals surface area contributed by atoms with Crippen LogP contribution in [0.3, 0.4) is 0 Å². The van der Waals surface area contributed by atoms with Gasteiger partial charge in [0.05, 0.1) is 5.69 Å². The van der Waals surface area contributed by atoms with Crippen molar-refractivity contribution in [2.75, 3.05) is 0 Å². The summed E-state index contributed by atoms with van der Waals surface area (Å²) in [5.74, 6) is 1.80. The smallest absolute Gasteiger partial charge is 0.164 e.